The molecule has 0 aromatic carbocycles. The van der Waals surface area contributed by atoms with Gasteiger partial charge >= 0.3 is 0 Å². The van der Waals surface area contributed by atoms with Crippen molar-refractivity contribution in [3.8, 4) is 0 Å². The zero-order valence-corrected chi connectivity index (χ0v) is 10.2. The van der Waals surface area contributed by atoms with E-state index in [1.807, 2.05) is 6.92 Å². The molecule has 3 nitrogen and oxygen atoms in total. The van der Waals surface area contributed by atoms with Crippen molar-refractivity contribution >= 4 is 11.7 Å². The Morgan fingerprint density at radius 2 is 2.07 bits per heavy atom. The van der Waals surface area contributed by atoms with Gasteiger partial charge in [-0.25, -0.2) is 0 Å². The van der Waals surface area contributed by atoms with Crippen molar-refractivity contribution in [3.63, 3.8) is 0 Å². The second-order valence-corrected chi connectivity index (χ2v) is 5.43. The summed E-state index contributed by atoms with van der Waals surface area (Å²) >= 11 is 0. The average Bonchev–Trinajstić information content (AvgIpc) is 2.47. The standard InChI is InChI=1S/C12H21NO2/c1-5-10(14)8-13-7-9(6-11(13)15)12(2,3)4/h9H,5-8H2,1-4H3. The van der Waals surface area contributed by atoms with Gasteiger partial charge in [0.1, 0.15) is 0 Å². The van der Waals surface area contributed by atoms with E-state index in [2.05, 4.69) is 20.8 Å². The third-order valence-electron chi connectivity index (χ3n) is 3.20. The summed E-state index contributed by atoms with van der Waals surface area (Å²) < 4.78 is 0. The second kappa shape index (κ2) is 4.33. The Labute approximate surface area is 91.8 Å². The fourth-order valence-corrected chi connectivity index (χ4v) is 1.83. The number of rotatable bonds is 3. The van der Waals surface area contributed by atoms with Crippen LogP contribution in [0.5, 0.6) is 0 Å². The van der Waals surface area contributed by atoms with Crippen LogP contribution >= 0.6 is 0 Å². The molecule has 0 radical (unpaired) electrons. The molecule has 0 aliphatic carbocycles. The lowest BCUT2D eigenvalue weighted by Crippen LogP contribution is -2.32. The Kier molecular flexibility index (Phi) is 3.53. The molecule has 0 spiro atoms. The third-order valence-corrected chi connectivity index (χ3v) is 3.20. The van der Waals surface area contributed by atoms with Gasteiger partial charge in [-0.15, -0.1) is 0 Å². The molecule has 15 heavy (non-hydrogen) atoms. The van der Waals surface area contributed by atoms with Crippen LogP contribution in [-0.2, 0) is 9.59 Å². The molecule has 1 saturated heterocycles. The molecule has 1 heterocycles. The van der Waals surface area contributed by atoms with E-state index in [0.717, 1.165) is 6.54 Å². The van der Waals surface area contributed by atoms with Crippen LogP contribution in [-0.4, -0.2) is 29.7 Å². The molecule has 1 aliphatic heterocycles. The summed E-state index contributed by atoms with van der Waals surface area (Å²) in [5.74, 6) is 0.671. The number of amides is 1. The van der Waals surface area contributed by atoms with Gasteiger partial charge in [-0.3, -0.25) is 9.59 Å². The number of carbonyl (C=O) groups excluding carboxylic acids is 2. The number of carbonyl (C=O) groups is 2. The van der Waals surface area contributed by atoms with E-state index in [-0.39, 0.29) is 17.1 Å². The van der Waals surface area contributed by atoms with Crippen molar-refractivity contribution in [2.45, 2.75) is 40.5 Å². The van der Waals surface area contributed by atoms with E-state index in [4.69, 9.17) is 0 Å². The summed E-state index contributed by atoms with van der Waals surface area (Å²) in [5.41, 5.74) is 0.152. The first-order valence-electron chi connectivity index (χ1n) is 5.64. The molecule has 0 bridgehead atoms. The lowest BCUT2D eigenvalue weighted by molar-refractivity contribution is -0.132. The second-order valence-electron chi connectivity index (χ2n) is 5.43. The maximum Gasteiger partial charge on any atom is 0.223 e. The lowest BCUT2D eigenvalue weighted by atomic mass is 9.80. The van der Waals surface area contributed by atoms with Crippen molar-refractivity contribution in [1.29, 1.82) is 0 Å². The summed E-state index contributed by atoms with van der Waals surface area (Å²) in [6.07, 6.45) is 1.12. The van der Waals surface area contributed by atoms with Gasteiger partial charge in [-0.1, -0.05) is 27.7 Å². The average molecular weight is 211 g/mol. The van der Waals surface area contributed by atoms with Crippen LogP contribution in [0.1, 0.15) is 40.5 Å². The molecule has 0 aromatic rings. The summed E-state index contributed by atoms with van der Waals surface area (Å²) in [6.45, 7) is 9.34. The minimum absolute atomic E-state index is 0.136. The van der Waals surface area contributed by atoms with Crippen molar-refractivity contribution in [2.24, 2.45) is 11.3 Å². The molecule has 86 valence electrons. The van der Waals surface area contributed by atoms with Gasteiger partial charge in [0.25, 0.3) is 0 Å². The maximum absolute atomic E-state index is 11.7. The number of Topliss-reactive ketones (excluding diaryl/α,β-unsaturated/α-hetero) is 1. The normalized spacial score (nSPS) is 22.3. The topological polar surface area (TPSA) is 37.4 Å². The molecule has 0 saturated carbocycles. The SMILES string of the molecule is CCC(=O)CN1CC(C(C)(C)C)CC1=O. The summed E-state index contributed by atoms with van der Waals surface area (Å²) in [6, 6.07) is 0. The third kappa shape index (κ3) is 3.05. The van der Waals surface area contributed by atoms with E-state index in [1.54, 1.807) is 4.90 Å². The van der Waals surface area contributed by atoms with E-state index < -0.39 is 0 Å². The van der Waals surface area contributed by atoms with E-state index >= 15 is 0 Å². The fraction of sp³-hybridized carbons (Fsp3) is 0.833. The number of ketones is 1. The summed E-state index contributed by atoms with van der Waals surface area (Å²) in [5, 5.41) is 0. The predicted molar refractivity (Wildman–Crippen MR) is 59.4 cm³/mol. The largest absolute Gasteiger partial charge is 0.335 e. The van der Waals surface area contributed by atoms with Crippen molar-refractivity contribution in [3.05, 3.63) is 0 Å². The predicted octanol–water partition coefficient (Wildman–Crippen LogP) is 1.86. The lowest BCUT2D eigenvalue weighted by Gasteiger charge is -2.26. The quantitative estimate of drug-likeness (QED) is 0.714. The smallest absolute Gasteiger partial charge is 0.223 e. The summed E-state index contributed by atoms with van der Waals surface area (Å²) in [4.78, 5) is 24.6. The van der Waals surface area contributed by atoms with Crippen LogP contribution in [0.3, 0.4) is 0 Å². The molecule has 1 rings (SSSR count). The van der Waals surface area contributed by atoms with Gasteiger partial charge < -0.3 is 4.90 Å². The van der Waals surface area contributed by atoms with E-state index in [9.17, 15) is 9.59 Å². The molecule has 0 N–H and O–H groups in total. The van der Waals surface area contributed by atoms with Gasteiger partial charge in [-0.2, -0.15) is 0 Å². The van der Waals surface area contributed by atoms with Crippen molar-refractivity contribution < 1.29 is 9.59 Å². The van der Waals surface area contributed by atoms with Crippen LogP contribution in [0, 0.1) is 11.3 Å². The van der Waals surface area contributed by atoms with Crippen molar-refractivity contribution in [2.75, 3.05) is 13.1 Å². The minimum Gasteiger partial charge on any atom is -0.335 e. The van der Waals surface area contributed by atoms with Crippen molar-refractivity contribution in [1.82, 2.24) is 4.90 Å². The Balaban J connectivity index is 2.57. The number of hydrogen-bond donors (Lipinski definition) is 0. The first-order valence-corrected chi connectivity index (χ1v) is 5.64. The number of likely N-dealkylation sites (tertiary alicyclic amines) is 1. The van der Waals surface area contributed by atoms with Gasteiger partial charge in [0, 0.05) is 19.4 Å². The van der Waals surface area contributed by atoms with Gasteiger partial charge in [0.15, 0.2) is 5.78 Å². The highest BCUT2D eigenvalue weighted by Gasteiger charge is 2.36. The zero-order valence-electron chi connectivity index (χ0n) is 10.2. The van der Waals surface area contributed by atoms with Gasteiger partial charge in [-0.05, 0) is 11.3 Å². The summed E-state index contributed by atoms with van der Waals surface area (Å²) in [7, 11) is 0. The Hall–Kier alpha value is -0.860. The highest BCUT2D eigenvalue weighted by atomic mass is 16.2. The highest BCUT2D eigenvalue weighted by molar-refractivity contribution is 5.87. The first-order chi connectivity index (χ1) is 6.84. The molecular weight excluding hydrogens is 190 g/mol. The van der Waals surface area contributed by atoms with Crippen LogP contribution in [0.4, 0.5) is 0 Å². The van der Waals surface area contributed by atoms with Crippen LogP contribution in [0.2, 0.25) is 0 Å². The van der Waals surface area contributed by atoms with E-state index in [0.29, 0.717) is 25.3 Å². The highest BCUT2D eigenvalue weighted by Crippen LogP contribution is 2.34. The zero-order chi connectivity index (χ0) is 11.6. The monoisotopic (exact) mass is 211 g/mol. The molecule has 1 aliphatic rings. The van der Waals surface area contributed by atoms with Gasteiger partial charge in [0.2, 0.25) is 5.91 Å². The number of nitrogens with zero attached hydrogens (tertiary/aromatic N) is 1. The Morgan fingerprint density at radius 3 is 2.47 bits per heavy atom. The van der Waals surface area contributed by atoms with E-state index in [1.165, 1.54) is 0 Å². The van der Waals surface area contributed by atoms with Gasteiger partial charge in [0.05, 0.1) is 6.54 Å². The minimum atomic E-state index is 0.136. The molecule has 1 atom stereocenters. The fourth-order valence-electron chi connectivity index (χ4n) is 1.83. The molecule has 1 unspecified atom stereocenters. The first kappa shape index (κ1) is 12.2. The Morgan fingerprint density at radius 1 is 1.47 bits per heavy atom. The van der Waals surface area contributed by atoms with Crippen LogP contribution < -0.4 is 0 Å². The molecule has 1 amide bonds. The maximum atomic E-state index is 11.7. The molecule has 3 heteroatoms. The number of hydrogen-bond acceptors (Lipinski definition) is 2. The molecule has 1 fully saturated rings. The van der Waals surface area contributed by atoms with Crippen LogP contribution in [0.25, 0.3) is 0 Å². The Bertz CT molecular complexity index is 265. The van der Waals surface area contributed by atoms with Crippen LogP contribution in [0.15, 0.2) is 0 Å². The molecular formula is C12H21NO2. The molecule has 0 aromatic heterocycles.